The van der Waals surface area contributed by atoms with Crippen LogP contribution in [0.1, 0.15) is 33.6 Å². The normalized spacial score (nSPS) is 11.6. The lowest BCUT2D eigenvalue weighted by molar-refractivity contribution is 0.748. The lowest BCUT2D eigenvalue weighted by Crippen LogP contribution is -2.22. The average Bonchev–Trinajstić information content (AvgIpc) is 2.12. The van der Waals surface area contributed by atoms with Gasteiger partial charge in [-0.1, -0.05) is 23.3 Å². The van der Waals surface area contributed by atoms with E-state index >= 15 is 0 Å². The molecule has 0 amide bonds. The molecule has 2 heteroatoms. The van der Waals surface area contributed by atoms with Crippen LogP contribution in [0, 0.1) is 0 Å². The van der Waals surface area contributed by atoms with Crippen molar-refractivity contribution in [3.05, 3.63) is 23.3 Å². The van der Waals surface area contributed by atoms with E-state index in [0.29, 0.717) is 6.54 Å². The maximum absolute atomic E-state index is 5.37. The number of nitrogens with one attached hydrogen (secondary N) is 1. The van der Waals surface area contributed by atoms with Gasteiger partial charge >= 0.3 is 0 Å². The fourth-order valence-electron chi connectivity index (χ4n) is 1.14. The summed E-state index contributed by atoms with van der Waals surface area (Å²) in [6.07, 6.45) is 6.84. The van der Waals surface area contributed by atoms with Crippen molar-refractivity contribution in [3.8, 4) is 0 Å². The van der Waals surface area contributed by atoms with Crippen LogP contribution < -0.4 is 11.1 Å². The predicted molar refractivity (Wildman–Crippen MR) is 64.3 cm³/mol. The molecule has 0 unspecified atom stereocenters. The van der Waals surface area contributed by atoms with E-state index in [2.05, 4.69) is 38.2 Å². The Labute approximate surface area is 88.3 Å². The first kappa shape index (κ1) is 13.4. The largest absolute Gasteiger partial charge is 0.329 e. The van der Waals surface area contributed by atoms with Gasteiger partial charge in [0.25, 0.3) is 0 Å². The van der Waals surface area contributed by atoms with Gasteiger partial charge in [0.1, 0.15) is 0 Å². The van der Waals surface area contributed by atoms with Crippen molar-refractivity contribution in [2.45, 2.75) is 33.6 Å². The van der Waals surface area contributed by atoms with Gasteiger partial charge in [-0.05, 0) is 33.6 Å². The lowest BCUT2D eigenvalue weighted by Gasteiger charge is -2.01. The van der Waals surface area contributed by atoms with Crippen molar-refractivity contribution in [2.24, 2.45) is 5.73 Å². The van der Waals surface area contributed by atoms with E-state index in [1.807, 2.05) is 0 Å². The maximum Gasteiger partial charge on any atom is 0.0137 e. The molecule has 0 aliphatic heterocycles. The van der Waals surface area contributed by atoms with Crippen molar-refractivity contribution >= 4 is 0 Å². The highest BCUT2D eigenvalue weighted by atomic mass is 14.9. The minimum Gasteiger partial charge on any atom is -0.329 e. The van der Waals surface area contributed by atoms with Gasteiger partial charge in [-0.25, -0.2) is 0 Å². The fourth-order valence-corrected chi connectivity index (χ4v) is 1.14. The highest BCUT2D eigenvalue weighted by Crippen LogP contribution is 2.05. The topological polar surface area (TPSA) is 38.0 Å². The second-order valence-corrected chi connectivity index (χ2v) is 3.86. The van der Waals surface area contributed by atoms with Crippen LogP contribution in [-0.2, 0) is 0 Å². The lowest BCUT2D eigenvalue weighted by atomic mass is 10.1. The molecule has 0 radical (unpaired) electrons. The summed E-state index contributed by atoms with van der Waals surface area (Å²) in [6.45, 7) is 9.02. The Hall–Kier alpha value is -0.600. The molecular formula is C12H24N2. The summed E-state index contributed by atoms with van der Waals surface area (Å²) in [7, 11) is 0. The zero-order valence-corrected chi connectivity index (χ0v) is 9.77. The molecule has 0 saturated carbocycles. The van der Waals surface area contributed by atoms with Crippen LogP contribution in [0.3, 0.4) is 0 Å². The summed E-state index contributed by atoms with van der Waals surface area (Å²) in [5, 5.41) is 3.25. The van der Waals surface area contributed by atoms with E-state index in [4.69, 9.17) is 5.73 Å². The van der Waals surface area contributed by atoms with Crippen LogP contribution in [0.4, 0.5) is 0 Å². The Bertz CT molecular complexity index is 188. The molecule has 0 spiro atoms. The molecule has 0 aliphatic carbocycles. The molecule has 0 bridgehead atoms. The van der Waals surface area contributed by atoms with Gasteiger partial charge in [0, 0.05) is 19.6 Å². The van der Waals surface area contributed by atoms with Crippen LogP contribution in [0.5, 0.6) is 0 Å². The third-order valence-corrected chi connectivity index (χ3v) is 2.01. The van der Waals surface area contributed by atoms with Crippen LogP contribution in [0.15, 0.2) is 23.3 Å². The Kier molecular flexibility index (Phi) is 8.59. The van der Waals surface area contributed by atoms with Crippen molar-refractivity contribution in [1.29, 1.82) is 0 Å². The molecular weight excluding hydrogens is 172 g/mol. The first-order chi connectivity index (χ1) is 6.66. The highest BCUT2D eigenvalue weighted by Gasteiger charge is 1.88. The highest BCUT2D eigenvalue weighted by molar-refractivity contribution is 5.02. The second-order valence-electron chi connectivity index (χ2n) is 3.86. The molecule has 0 atom stereocenters. The zero-order valence-electron chi connectivity index (χ0n) is 9.77. The molecule has 0 aromatic rings. The number of rotatable bonds is 7. The second kappa shape index (κ2) is 8.97. The van der Waals surface area contributed by atoms with Gasteiger partial charge in [-0.15, -0.1) is 0 Å². The van der Waals surface area contributed by atoms with Crippen LogP contribution in [0.25, 0.3) is 0 Å². The maximum atomic E-state index is 5.37. The minimum absolute atomic E-state index is 0.713. The monoisotopic (exact) mass is 196 g/mol. The summed E-state index contributed by atoms with van der Waals surface area (Å²) in [6, 6.07) is 0. The summed E-state index contributed by atoms with van der Waals surface area (Å²) in [5.41, 5.74) is 8.22. The fraction of sp³-hybridized carbons (Fsp3) is 0.667. The standard InChI is InChI=1S/C12H24N2/c1-11(2)5-4-6-12(3)7-9-14-10-8-13/h5,7,14H,4,6,8-10,13H2,1-3H3/b12-7+. The number of nitrogens with two attached hydrogens (primary N) is 1. The molecule has 3 N–H and O–H groups in total. The first-order valence-corrected chi connectivity index (χ1v) is 5.36. The van der Waals surface area contributed by atoms with Crippen molar-refractivity contribution in [3.63, 3.8) is 0 Å². The molecule has 0 saturated heterocycles. The molecule has 2 nitrogen and oxygen atoms in total. The van der Waals surface area contributed by atoms with Gasteiger partial charge in [0.05, 0.1) is 0 Å². The number of allylic oxidation sites excluding steroid dienone is 3. The van der Waals surface area contributed by atoms with E-state index in [-0.39, 0.29) is 0 Å². The van der Waals surface area contributed by atoms with Gasteiger partial charge in [0.2, 0.25) is 0 Å². The third kappa shape index (κ3) is 9.49. The molecule has 0 aliphatic rings. The third-order valence-electron chi connectivity index (χ3n) is 2.01. The van der Waals surface area contributed by atoms with E-state index in [9.17, 15) is 0 Å². The van der Waals surface area contributed by atoms with E-state index in [1.54, 1.807) is 0 Å². The molecule has 82 valence electrons. The Morgan fingerprint density at radius 3 is 2.50 bits per heavy atom. The Balaban J connectivity index is 3.52. The van der Waals surface area contributed by atoms with E-state index < -0.39 is 0 Å². The van der Waals surface area contributed by atoms with Gasteiger partial charge in [-0.3, -0.25) is 0 Å². The van der Waals surface area contributed by atoms with E-state index in [1.165, 1.54) is 11.1 Å². The quantitative estimate of drug-likeness (QED) is 0.484. The van der Waals surface area contributed by atoms with Crippen molar-refractivity contribution in [1.82, 2.24) is 5.32 Å². The van der Waals surface area contributed by atoms with Crippen molar-refractivity contribution in [2.75, 3.05) is 19.6 Å². The summed E-state index contributed by atoms with van der Waals surface area (Å²) in [5.74, 6) is 0. The summed E-state index contributed by atoms with van der Waals surface area (Å²) >= 11 is 0. The molecule has 14 heavy (non-hydrogen) atoms. The summed E-state index contributed by atoms with van der Waals surface area (Å²) < 4.78 is 0. The molecule has 0 aromatic carbocycles. The first-order valence-electron chi connectivity index (χ1n) is 5.36. The van der Waals surface area contributed by atoms with E-state index in [0.717, 1.165) is 25.9 Å². The van der Waals surface area contributed by atoms with Gasteiger partial charge < -0.3 is 11.1 Å². The number of hydrogen-bond acceptors (Lipinski definition) is 2. The Morgan fingerprint density at radius 1 is 1.21 bits per heavy atom. The molecule has 0 fully saturated rings. The van der Waals surface area contributed by atoms with Crippen molar-refractivity contribution < 1.29 is 0 Å². The minimum atomic E-state index is 0.713. The van der Waals surface area contributed by atoms with Crippen LogP contribution >= 0.6 is 0 Å². The Morgan fingerprint density at radius 2 is 1.93 bits per heavy atom. The summed E-state index contributed by atoms with van der Waals surface area (Å²) in [4.78, 5) is 0. The number of hydrogen-bond donors (Lipinski definition) is 2. The predicted octanol–water partition coefficient (Wildman–Crippen LogP) is 2.23. The van der Waals surface area contributed by atoms with Gasteiger partial charge in [-0.2, -0.15) is 0 Å². The molecule has 0 aromatic heterocycles. The average molecular weight is 196 g/mol. The van der Waals surface area contributed by atoms with Crippen LogP contribution in [0.2, 0.25) is 0 Å². The molecule has 0 rings (SSSR count). The zero-order chi connectivity index (χ0) is 10.8. The SMILES string of the molecule is CC(C)=CCC/C(C)=C/CNCCN. The smallest absolute Gasteiger partial charge is 0.0137 e. The van der Waals surface area contributed by atoms with Gasteiger partial charge in [0.15, 0.2) is 0 Å². The van der Waals surface area contributed by atoms with Crippen LogP contribution in [-0.4, -0.2) is 19.6 Å². The molecule has 0 heterocycles.